The van der Waals surface area contributed by atoms with Crippen LogP contribution in [0.3, 0.4) is 0 Å². The van der Waals surface area contributed by atoms with Crippen LogP contribution in [0.25, 0.3) is 0 Å². The lowest BCUT2D eigenvalue weighted by molar-refractivity contribution is -0.137. The van der Waals surface area contributed by atoms with Crippen LogP contribution in [0.15, 0.2) is 15.7 Å². The minimum Gasteiger partial charge on any atom is -0.480 e. The Morgan fingerprint density at radius 2 is 2.05 bits per heavy atom. The van der Waals surface area contributed by atoms with E-state index in [-0.39, 0.29) is 6.54 Å². The maximum absolute atomic E-state index is 13.4. The van der Waals surface area contributed by atoms with E-state index in [0.717, 1.165) is 21.7 Å². The Morgan fingerprint density at radius 3 is 2.42 bits per heavy atom. The van der Waals surface area contributed by atoms with Crippen LogP contribution < -0.4 is 0 Å². The molecule has 1 rings (SSSR count). The topological polar surface area (TPSA) is 74.7 Å². The van der Waals surface area contributed by atoms with Gasteiger partial charge in [-0.05, 0) is 16.9 Å². The molecule has 0 saturated carbocycles. The van der Waals surface area contributed by atoms with E-state index >= 15 is 0 Å². The second-order valence-corrected chi connectivity index (χ2v) is 8.33. The minimum absolute atomic E-state index is 0.00102. The van der Waals surface area contributed by atoms with Crippen LogP contribution >= 0.6 is 11.3 Å². The summed E-state index contributed by atoms with van der Waals surface area (Å²) in [4.78, 5) is 10.8. The van der Waals surface area contributed by atoms with E-state index in [1.54, 1.807) is 20.8 Å². The molecule has 8 heteroatoms. The van der Waals surface area contributed by atoms with Crippen molar-refractivity contribution in [2.24, 2.45) is 5.41 Å². The Hall–Kier alpha value is -0.990. The number of hydrogen-bond acceptors (Lipinski definition) is 4. The van der Waals surface area contributed by atoms with Crippen LogP contribution in [0.4, 0.5) is 4.39 Å². The third-order valence-electron chi connectivity index (χ3n) is 2.12. The molecule has 108 valence electrons. The summed E-state index contributed by atoms with van der Waals surface area (Å²) in [5.74, 6) is -2.13. The molecule has 0 bridgehead atoms. The maximum atomic E-state index is 13.4. The predicted octanol–water partition coefficient (Wildman–Crippen LogP) is 2.01. The second-order valence-electron chi connectivity index (χ2n) is 5.28. The predicted molar refractivity (Wildman–Crippen MR) is 70.1 cm³/mol. The number of aliphatic carboxylic acids is 1. The fraction of sp³-hybridized carbons (Fsp3) is 0.545. The van der Waals surface area contributed by atoms with Gasteiger partial charge in [0.1, 0.15) is 6.54 Å². The standard InChI is InChI=1S/C11H16FNO4S2/c1-11(2,3)7-13(6-9(14)15)19(16,17)10-8(12)4-5-18-10/h4-5H,6-7H2,1-3H3,(H,14,15). The van der Waals surface area contributed by atoms with Gasteiger partial charge < -0.3 is 5.11 Å². The molecule has 0 saturated heterocycles. The highest BCUT2D eigenvalue weighted by Gasteiger charge is 2.33. The van der Waals surface area contributed by atoms with Crippen molar-refractivity contribution < 1.29 is 22.7 Å². The summed E-state index contributed by atoms with van der Waals surface area (Å²) in [5.41, 5.74) is -0.434. The Morgan fingerprint density at radius 1 is 1.47 bits per heavy atom. The molecule has 0 atom stereocenters. The zero-order valence-corrected chi connectivity index (χ0v) is 12.5. The average molecular weight is 309 g/mol. The molecule has 0 amide bonds. The van der Waals surface area contributed by atoms with E-state index in [2.05, 4.69) is 0 Å². The molecule has 0 unspecified atom stereocenters. The molecule has 19 heavy (non-hydrogen) atoms. The molecule has 1 aromatic heterocycles. The van der Waals surface area contributed by atoms with Gasteiger partial charge in [0, 0.05) is 6.54 Å². The van der Waals surface area contributed by atoms with Crippen LogP contribution in [0.2, 0.25) is 0 Å². The lowest BCUT2D eigenvalue weighted by Crippen LogP contribution is -2.40. The maximum Gasteiger partial charge on any atom is 0.318 e. The first-order valence-corrected chi connectivity index (χ1v) is 7.81. The normalized spacial score (nSPS) is 12.9. The summed E-state index contributed by atoms with van der Waals surface area (Å²) in [7, 11) is -4.12. The average Bonchev–Trinajstić information content (AvgIpc) is 2.61. The summed E-state index contributed by atoms with van der Waals surface area (Å²) in [6.45, 7) is 4.66. The quantitative estimate of drug-likeness (QED) is 0.903. The lowest BCUT2D eigenvalue weighted by Gasteiger charge is -2.27. The van der Waals surface area contributed by atoms with Crippen molar-refractivity contribution in [3.63, 3.8) is 0 Å². The van der Waals surface area contributed by atoms with Crippen LogP contribution in [-0.4, -0.2) is 36.9 Å². The molecule has 1 heterocycles. The smallest absolute Gasteiger partial charge is 0.318 e. The second kappa shape index (κ2) is 5.56. The van der Waals surface area contributed by atoms with Crippen molar-refractivity contribution in [2.75, 3.05) is 13.1 Å². The van der Waals surface area contributed by atoms with Crippen molar-refractivity contribution in [1.82, 2.24) is 4.31 Å². The Kier molecular flexibility index (Phi) is 4.70. The molecule has 0 aliphatic carbocycles. The van der Waals surface area contributed by atoms with Gasteiger partial charge in [-0.3, -0.25) is 4.79 Å². The van der Waals surface area contributed by atoms with Crippen LogP contribution in [0.1, 0.15) is 20.8 Å². The molecule has 0 aromatic carbocycles. The molecule has 0 aliphatic rings. The monoisotopic (exact) mass is 309 g/mol. The van der Waals surface area contributed by atoms with Crippen LogP contribution in [0, 0.1) is 11.2 Å². The van der Waals surface area contributed by atoms with Gasteiger partial charge in [-0.25, -0.2) is 12.8 Å². The first-order chi connectivity index (χ1) is 8.54. The van der Waals surface area contributed by atoms with Crippen molar-refractivity contribution in [1.29, 1.82) is 0 Å². The van der Waals surface area contributed by atoms with Crippen molar-refractivity contribution in [3.05, 3.63) is 17.3 Å². The number of hydrogen-bond donors (Lipinski definition) is 1. The van der Waals surface area contributed by atoms with Gasteiger partial charge in [-0.2, -0.15) is 4.31 Å². The number of nitrogens with zero attached hydrogens (tertiary/aromatic N) is 1. The largest absolute Gasteiger partial charge is 0.480 e. The number of carbonyl (C=O) groups is 1. The Labute approximate surface area is 115 Å². The highest BCUT2D eigenvalue weighted by molar-refractivity contribution is 7.91. The summed E-state index contributed by atoms with van der Waals surface area (Å²) in [6, 6.07) is 1.05. The van der Waals surface area contributed by atoms with Gasteiger partial charge in [-0.1, -0.05) is 20.8 Å². The van der Waals surface area contributed by atoms with E-state index in [1.807, 2.05) is 0 Å². The molecule has 0 spiro atoms. The van der Waals surface area contributed by atoms with Gasteiger partial charge in [0.25, 0.3) is 10.0 Å². The van der Waals surface area contributed by atoms with E-state index < -0.39 is 38.0 Å². The molecule has 0 radical (unpaired) electrons. The number of sulfonamides is 1. The summed E-state index contributed by atoms with van der Waals surface area (Å²) >= 11 is 0.740. The first-order valence-electron chi connectivity index (χ1n) is 5.49. The van der Waals surface area contributed by atoms with E-state index in [1.165, 1.54) is 5.38 Å². The summed E-state index contributed by atoms with van der Waals surface area (Å²) in [5, 5.41) is 10.1. The number of carboxylic acid groups (broad SMARTS) is 1. The number of carboxylic acids is 1. The van der Waals surface area contributed by atoms with E-state index in [0.29, 0.717) is 0 Å². The molecule has 1 N–H and O–H groups in total. The fourth-order valence-corrected chi connectivity index (χ4v) is 4.33. The van der Waals surface area contributed by atoms with Crippen molar-refractivity contribution >= 4 is 27.3 Å². The first kappa shape index (κ1) is 16.1. The molecule has 5 nitrogen and oxygen atoms in total. The third kappa shape index (κ3) is 4.26. The fourth-order valence-electron chi connectivity index (χ4n) is 1.49. The van der Waals surface area contributed by atoms with Crippen LogP contribution in [0.5, 0.6) is 0 Å². The SMILES string of the molecule is CC(C)(C)CN(CC(=O)O)S(=O)(=O)c1sccc1F. The summed E-state index contributed by atoms with van der Waals surface area (Å²) < 4.78 is 38.3. The third-order valence-corrected chi connectivity index (χ3v) is 5.32. The Balaban J connectivity index is 3.17. The van der Waals surface area contributed by atoms with E-state index in [9.17, 15) is 17.6 Å². The molecule has 1 aromatic rings. The molecule has 0 fully saturated rings. The highest BCUT2D eigenvalue weighted by atomic mass is 32.2. The number of rotatable bonds is 5. The minimum atomic E-state index is -4.12. The highest BCUT2D eigenvalue weighted by Crippen LogP contribution is 2.27. The van der Waals surface area contributed by atoms with Gasteiger partial charge in [0.05, 0.1) is 0 Å². The van der Waals surface area contributed by atoms with Gasteiger partial charge in [0.2, 0.25) is 0 Å². The Bertz CT molecular complexity index is 559. The molecule has 0 aliphatic heterocycles. The van der Waals surface area contributed by atoms with Crippen molar-refractivity contribution in [3.8, 4) is 0 Å². The zero-order chi connectivity index (χ0) is 14.8. The van der Waals surface area contributed by atoms with Gasteiger partial charge in [0.15, 0.2) is 10.0 Å². The van der Waals surface area contributed by atoms with E-state index in [4.69, 9.17) is 5.11 Å². The van der Waals surface area contributed by atoms with Gasteiger partial charge >= 0.3 is 5.97 Å². The summed E-state index contributed by atoms with van der Waals surface area (Å²) in [6.07, 6.45) is 0. The number of halogens is 1. The van der Waals surface area contributed by atoms with Gasteiger partial charge in [-0.15, -0.1) is 11.3 Å². The van der Waals surface area contributed by atoms with Crippen LogP contribution in [-0.2, 0) is 14.8 Å². The molecular formula is C11H16FNO4S2. The zero-order valence-electron chi connectivity index (χ0n) is 10.9. The lowest BCUT2D eigenvalue weighted by atomic mass is 9.97. The van der Waals surface area contributed by atoms with Crippen molar-refractivity contribution in [2.45, 2.75) is 25.0 Å². The molecular weight excluding hydrogens is 293 g/mol. The number of thiophene rings is 1.